The van der Waals surface area contributed by atoms with E-state index in [0.29, 0.717) is 17.8 Å². The summed E-state index contributed by atoms with van der Waals surface area (Å²) in [6.45, 7) is 0.554. The van der Waals surface area contributed by atoms with Crippen LogP contribution in [0.15, 0.2) is 48.0 Å². The predicted octanol–water partition coefficient (Wildman–Crippen LogP) is 2.85. The standard InChI is InChI=1S/C16H15N3OS/c17-14-10-12-4-2-1-3-11(12)9-13(14)16(20)19-6-5-15-18-7-8-21-15/h1-4,7-10H,5-6,17H2,(H,19,20). The highest BCUT2D eigenvalue weighted by molar-refractivity contribution is 7.09. The van der Waals surface area contributed by atoms with Crippen LogP contribution in [0.25, 0.3) is 10.8 Å². The van der Waals surface area contributed by atoms with E-state index >= 15 is 0 Å². The van der Waals surface area contributed by atoms with Crippen molar-refractivity contribution in [2.45, 2.75) is 6.42 Å². The Morgan fingerprint density at radius 1 is 1.24 bits per heavy atom. The molecule has 0 radical (unpaired) electrons. The van der Waals surface area contributed by atoms with Gasteiger partial charge in [-0.25, -0.2) is 4.98 Å². The summed E-state index contributed by atoms with van der Waals surface area (Å²) < 4.78 is 0. The van der Waals surface area contributed by atoms with Gasteiger partial charge in [-0.15, -0.1) is 11.3 Å². The van der Waals surface area contributed by atoms with Gasteiger partial charge in [-0.1, -0.05) is 24.3 Å². The van der Waals surface area contributed by atoms with Crippen LogP contribution in [-0.2, 0) is 6.42 Å². The van der Waals surface area contributed by atoms with E-state index in [0.717, 1.165) is 22.2 Å². The number of rotatable bonds is 4. The lowest BCUT2D eigenvalue weighted by Crippen LogP contribution is -2.26. The molecule has 1 amide bonds. The number of nitrogens with one attached hydrogen (secondary N) is 1. The molecule has 5 heteroatoms. The number of thiazole rings is 1. The van der Waals surface area contributed by atoms with Gasteiger partial charge in [0.15, 0.2) is 0 Å². The van der Waals surface area contributed by atoms with Crippen molar-refractivity contribution in [1.29, 1.82) is 0 Å². The normalized spacial score (nSPS) is 10.7. The van der Waals surface area contributed by atoms with Crippen molar-refractivity contribution >= 4 is 33.7 Å². The number of nitrogen functional groups attached to an aromatic ring is 1. The van der Waals surface area contributed by atoms with Crippen molar-refractivity contribution in [3.05, 3.63) is 58.5 Å². The molecule has 0 aliphatic rings. The average Bonchev–Trinajstić information content (AvgIpc) is 2.99. The summed E-state index contributed by atoms with van der Waals surface area (Å²) in [6.07, 6.45) is 2.50. The lowest BCUT2D eigenvalue weighted by molar-refractivity contribution is 0.0955. The second kappa shape index (κ2) is 5.93. The van der Waals surface area contributed by atoms with Crippen molar-refractivity contribution in [3.63, 3.8) is 0 Å². The number of carbonyl (C=O) groups excluding carboxylic acids is 1. The predicted molar refractivity (Wildman–Crippen MR) is 86.5 cm³/mol. The van der Waals surface area contributed by atoms with Gasteiger partial charge in [-0.05, 0) is 22.9 Å². The van der Waals surface area contributed by atoms with E-state index in [1.54, 1.807) is 17.5 Å². The first-order chi connectivity index (χ1) is 10.2. The highest BCUT2D eigenvalue weighted by atomic mass is 32.1. The molecule has 1 aromatic heterocycles. The van der Waals surface area contributed by atoms with Gasteiger partial charge >= 0.3 is 0 Å². The molecule has 0 aliphatic heterocycles. The van der Waals surface area contributed by atoms with E-state index < -0.39 is 0 Å². The maximum absolute atomic E-state index is 12.2. The second-order valence-corrected chi connectivity index (χ2v) is 5.70. The number of fused-ring (bicyclic) bond motifs is 1. The van der Waals surface area contributed by atoms with Gasteiger partial charge in [0.2, 0.25) is 0 Å². The number of nitrogens with two attached hydrogens (primary N) is 1. The topological polar surface area (TPSA) is 68.0 Å². The molecular formula is C16H15N3OS. The monoisotopic (exact) mass is 297 g/mol. The first kappa shape index (κ1) is 13.6. The van der Waals surface area contributed by atoms with E-state index in [4.69, 9.17) is 5.73 Å². The summed E-state index contributed by atoms with van der Waals surface area (Å²) in [6, 6.07) is 11.5. The molecule has 3 N–H and O–H groups in total. The summed E-state index contributed by atoms with van der Waals surface area (Å²) >= 11 is 1.59. The molecule has 0 fully saturated rings. The smallest absolute Gasteiger partial charge is 0.253 e. The molecular weight excluding hydrogens is 282 g/mol. The maximum atomic E-state index is 12.2. The highest BCUT2D eigenvalue weighted by Gasteiger charge is 2.10. The van der Waals surface area contributed by atoms with Gasteiger partial charge in [-0.2, -0.15) is 0 Å². The number of hydrogen-bond acceptors (Lipinski definition) is 4. The van der Waals surface area contributed by atoms with Crippen LogP contribution in [0.3, 0.4) is 0 Å². The third-order valence-corrected chi connectivity index (χ3v) is 4.11. The molecule has 0 bridgehead atoms. The molecule has 0 unspecified atom stereocenters. The molecule has 3 rings (SSSR count). The summed E-state index contributed by atoms with van der Waals surface area (Å²) in [7, 11) is 0. The third-order valence-electron chi connectivity index (χ3n) is 3.27. The highest BCUT2D eigenvalue weighted by Crippen LogP contribution is 2.21. The van der Waals surface area contributed by atoms with Crippen LogP contribution in [0.2, 0.25) is 0 Å². The van der Waals surface area contributed by atoms with Crippen molar-refractivity contribution in [1.82, 2.24) is 10.3 Å². The van der Waals surface area contributed by atoms with Crippen LogP contribution in [0.5, 0.6) is 0 Å². The molecule has 0 aliphatic carbocycles. The molecule has 1 heterocycles. The van der Waals surface area contributed by atoms with E-state index in [1.807, 2.05) is 41.8 Å². The lowest BCUT2D eigenvalue weighted by Gasteiger charge is -2.08. The fourth-order valence-electron chi connectivity index (χ4n) is 2.21. The Balaban J connectivity index is 1.73. The van der Waals surface area contributed by atoms with Crippen LogP contribution < -0.4 is 11.1 Å². The molecule has 0 saturated carbocycles. The summed E-state index contributed by atoms with van der Waals surface area (Å²) in [5, 5.41) is 7.88. The number of aromatic nitrogens is 1. The Hall–Kier alpha value is -2.40. The molecule has 21 heavy (non-hydrogen) atoms. The van der Waals surface area contributed by atoms with Crippen molar-refractivity contribution < 1.29 is 4.79 Å². The van der Waals surface area contributed by atoms with Gasteiger partial charge < -0.3 is 11.1 Å². The molecule has 3 aromatic rings. The molecule has 2 aromatic carbocycles. The van der Waals surface area contributed by atoms with Crippen LogP contribution in [0.1, 0.15) is 15.4 Å². The Morgan fingerprint density at radius 2 is 2.00 bits per heavy atom. The maximum Gasteiger partial charge on any atom is 0.253 e. The fourth-order valence-corrected chi connectivity index (χ4v) is 2.83. The lowest BCUT2D eigenvalue weighted by atomic mass is 10.0. The molecule has 0 saturated heterocycles. The quantitative estimate of drug-likeness (QED) is 0.728. The van der Waals surface area contributed by atoms with Crippen molar-refractivity contribution in [3.8, 4) is 0 Å². The van der Waals surface area contributed by atoms with Crippen LogP contribution >= 0.6 is 11.3 Å². The Bertz CT molecular complexity index is 768. The summed E-state index contributed by atoms with van der Waals surface area (Å²) in [4.78, 5) is 16.4. The van der Waals surface area contributed by atoms with Gasteiger partial charge in [-0.3, -0.25) is 4.79 Å². The van der Waals surface area contributed by atoms with E-state index in [9.17, 15) is 4.79 Å². The zero-order valence-electron chi connectivity index (χ0n) is 11.4. The van der Waals surface area contributed by atoms with Gasteiger partial charge in [0.1, 0.15) is 0 Å². The minimum absolute atomic E-state index is 0.144. The summed E-state index contributed by atoms with van der Waals surface area (Å²) in [5.41, 5.74) is 7.00. The summed E-state index contributed by atoms with van der Waals surface area (Å²) in [5.74, 6) is -0.144. The largest absolute Gasteiger partial charge is 0.398 e. The van der Waals surface area contributed by atoms with Crippen LogP contribution in [0, 0.1) is 0 Å². The van der Waals surface area contributed by atoms with Crippen LogP contribution in [0.4, 0.5) is 5.69 Å². The SMILES string of the molecule is Nc1cc2ccccc2cc1C(=O)NCCc1nccs1. The number of nitrogens with zero attached hydrogens (tertiary/aromatic N) is 1. The zero-order chi connectivity index (χ0) is 14.7. The number of anilines is 1. The first-order valence-corrected chi connectivity index (χ1v) is 7.57. The zero-order valence-corrected chi connectivity index (χ0v) is 12.2. The fraction of sp³-hybridized carbons (Fsp3) is 0.125. The molecule has 4 nitrogen and oxygen atoms in total. The van der Waals surface area contributed by atoms with E-state index in [2.05, 4.69) is 10.3 Å². The minimum atomic E-state index is -0.144. The van der Waals surface area contributed by atoms with Crippen LogP contribution in [-0.4, -0.2) is 17.4 Å². The molecule has 0 spiro atoms. The van der Waals surface area contributed by atoms with Gasteiger partial charge in [0, 0.05) is 30.2 Å². The Morgan fingerprint density at radius 3 is 2.71 bits per heavy atom. The number of carbonyl (C=O) groups is 1. The number of amides is 1. The number of benzene rings is 2. The first-order valence-electron chi connectivity index (χ1n) is 6.69. The van der Waals surface area contributed by atoms with E-state index in [1.165, 1.54) is 0 Å². The van der Waals surface area contributed by atoms with Gasteiger partial charge in [0.05, 0.1) is 10.6 Å². The Labute approximate surface area is 126 Å². The molecule has 0 atom stereocenters. The number of hydrogen-bond donors (Lipinski definition) is 2. The van der Waals surface area contributed by atoms with Crippen molar-refractivity contribution in [2.24, 2.45) is 0 Å². The van der Waals surface area contributed by atoms with Crippen molar-refractivity contribution in [2.75, 3.05) is 12.3 Å². The Kier molecular flexibility index (Phi) is 3.83. The third kappa shape index (κ3) is 3.03. The molecule has 106 valence electrons. The van der Waals surface area contributed by atoms with E-state index in [-0.39, 0.29) is 5.91 Å². The van der Waals surface area contributed by atoms with Gasteiger partial charge in [0.25, 0.3) is 5.91 Å². The second-order valence-electron chi connectivity index (χ2n) is 4.72. The average molecular weight is 297 g/mol. The minimum Gasteiger partial charge on any atom is -0.398 e.